The summed E-state index contributed by atoms with van der Waals surface area (Å²) in [7, 11) is 0. The van der Waals surface area contributed by atoms with Crippen molar-refractivity contribution in [2.24, 2.45) is 0 Å². The number of carboxylic acid groups (broad SMARTS) is 2. The number of carboxylic acids is 2. The number of rotatable bonds is 6. The van der Waals surface area contributed by atoms with Crippen molar-refractivity contribution < 1.29 is 33.7 Å². The quantitative estimate of drug-likeness (QED) is 0.413. The number of aliphatic hydroxyl groups is 1. The fourth-order valence-electron chi connectivity index (χ4n) is 3.66. The zero-order chi connectivity index (χ0) is 23.0. The standard InChI is InChI=1S/C23H16O9/c24-13(12-4-2-6-17-21(12)15(26)10-19(32-17)23(29)30)8-7-11-3-1-5-16-20(11)14(25)9-18(31-16)22(27)28/h1-6,9-10,13,24H,7-8H2,(H,27,28)(H,29,30). The molecular weight excluding hydrogens is 420 g/mol. The highest BCUT2D eigenvalue weighted by Gasteiger charge is 2.19. The number of hydrogen-bond acceptors (Lipinski definition) is 7. The van der Waals surface area contributed by atoms with Gasteiger partial charge >= 0.3 is 11.9 Å². The van der Waals surface area contributed by atoms with Gasteiger partial charge in [0.1, 0.15) is 11.2 Å². The fourth-order valence-corrected chi connectivity index (χ4v) is 3.66. The molecule has 0 amide bonds. The van der Waals surface area contributed by atoms with Crippen LogP contribution in [0.4, 0.5) is 0 Å². The Kier molecular flexibility index (Phi) is 5.33. The van der Waals surface area contributed by atoms with Gasteiger partial charge in [-0.3, -0.25) is 9.59 Å². The summed E-state index contributed by atoms with van der Waals surface area (Å²) in [5.41, 5.74) is -0.125. The van der Waals surface area contributed by atoms with Gasteiger partial charge in [-0.15, -0.1) is 0 Å². The molecule has 0 bridgehead atoms. The van der Waals surface area contributed by atoms with Crippen LogP contribution >= 0.6 is 0 Å². The zero-order valence-electron chi connectivity index (χ0n) is 16.4. The molecule has 0 fully saturated rings. The summed E-state index contributed by atoms with van der Waals surface area (Å²) in [5, 5.41) is 29.2. The lowest BCUT2D eigenvalue weighted by atomic mass is 9.96. The van der Waals surface area contributed by atoms with Crippen LogP contribution in [0.3, 0.4) is 0 Å². The van der Waals surface area contributed by atoms with E-state index in [1.807, 2.05) is 0 Å². The molecule has 4 aromatic rings. The Hall–Kier alpha value is -4.24. The number of hydrogen-bond donors (Lipinski definition) is 3. The minimum absolute atomic E-state index is 0.0402. The molecule has 9 nitrogen and oxygen atoms in total. The van der Waals surface area contributed by atoms with Crippen LogP contribution in [0, 0.1) is 0 Å². The van der Waals surface area contributed by atoms with Gasteiger partial charge in [0.2, 0.25) is 11.5 Å². The van der Waals surface area contributed by atoms with Crippen molar-refractivity contribution in [3.05, 3.63) is 91.6 Å². The highest BCUT2D eigenvalue weighted by Crippen LogP contribution is 2.27. The minimum Gasteiger partial charge on any atom is -0.475 e. The maximum absolute atomic E-state index is 12.5. The third-order valence-electron chi connectivity index (χ3n) is 5.10. The Labute approximate surface area is 178 Å². The maximum Gasteiger partial charge on any atom is 0.371 e. The average molecular weight is 436 g/mol. The molecule has 2 aromatic carbocycles. The van der Waals surface area contributed by atoms with Gasteiger partial charge in [-0.2, -0.15) is 0 Å². The van der Waals surface area contributed by atoms with E-state index in [4.69, 9.17) is 19.0 Å². The van der Waals surface area contributed by atoms with Crippen molar-refractivity contribution in [1.29, 1.82) is 0 Å². The summed E-state index contributed by atoms with van der Waals surface area (Å²) in [6.07, 6.45) is -0.763. The average Bonchev–Trinajstić information content (AvgIpc) is 2.76. The van der Waals surface area contributed by atoms with Crippen LogP contribution in [0.5, 0.6) is 0 Å². The maximum atomic E-state index is 12.5. The normalized spacial score (nSPS) is 12.2. The predicted molar refractivity (Wildman–Crippen MR) is 112 cm³/mol. The van der Waals surface area contributed by atoms with Gasteiger partial charge in [-0.1, -0.05) is 24.3 Å². The third-order valence-corrected chi connectivity index (χ3v) is 5.10. The molecule has 2 aromatic heterocycles. The molecule has 1 atom stereocenters. The lowest BCUT2D eigenvalue weighted by Gasteiger charge is -2.14. The summed E-state index contributed by atoms with van der Waals surface area (Å²) in [4.78, 5) is 47.2. The van der Waals surface area contributed by atoms with E-state index in [0.717, 1.165) is 12.1 Å². The molecule has 0 saturated carbocycles. The van der Waals surface area contributed by atoms with Crippen molar-refractivity contribution in [1.82, 2.24) is 0 Å². The van der Waals surface area contributed by atoms with Crippen molar-refractivity contribution in [2.75, 3.05) is 0 Å². The second kappa shape index (κ2) is 8.12. The van der Waals surface area contributed by atoms with E-state index in [1.54, 1.807) is 18.2 Å². The van der Waals surface area contributed by atoms with Crippen molar-refractivity contribution in [3.8, 4) is 0 Å². The number of benzene rings is 2. The van der Waals surface area contributed by atoms with E-state index in [1.165, 1.54) is 18.2 Å². The largest absolute Gasteiger partial charge is 0.475 e. The summed E-state index contributed by atoms with van der Waals surface area (Å²) >= 11 is 0. The molecule has 9 heteroatoms. The Bertz CT molecular complexity index is 1490. The van der Waals surface area contributed by atoms with E-state index in [2.05, 4.69) is 0 Å². The molecule has 1 unspecified atom stereocenters. The SMILES string of the molecule is O=C(O)c1cc(=O)c2c(CCC(O)c3cccc4oc(C(=O)O)cc(=O)c34)cccc2o1. The van der Waals surface area contributed by atoms with E-state index >= 15 is 0 Å². The Balaban J connectivity index is 1.68. The minimum atomic E-state index is -1.38. The second-order valence-electron chi connectivity index (χ2n) is 7.13. The molecule has 0 radical (unpaired) electrons. The molecule has 0 spiro atoms. The topological polar surface area (TPSA) is 155 Å². The summed E-state index contributed by atoms with van der Waals surface area (Å²) < 4.78 is 10.5. The van der Waals surface area contributed by atoms with Crippen LogP contribution in [0.15, 0.2) is 67.0 Å². The van der Waals surface area contributed by atoms with E-state index in [-0.39, 0.29) is 40.3 Å². The molecule has 32 heavy (non-hydrogen) atoms. The van der Waals surface area contributed by atoms with Crippen LogP contribution in [0.1, 0.15) is 44.8 Å². The summed E-state index contributed by atoms with van der Waals surface area (Å²) in [6, 6.07) is 11.0. The van der Waals surface area contributed by atoms with Gasteiger partial charge in [0.15, 0.2) is 10.9 Å². The number of aromatic carboxylic acids is 2. The van der Waals surface area contributed by atoms with Crippen LogP contribution in [-0.4, -0.2) is 27.3 Å². The molecule has 162 valence electrons. The predicted octanol–water partition coefficient (Wildman–Crippen LogP) is 2.96. The van der Waals surface area contributed by atoms with Gasteiger partial charge in [0.25, 0.3) is 0 Å². The first-order chi connectivity index (χ1) is 15.3. The number of carbonyl (C=O) groups is 2. The molecule has 2 heterocycles. The van der Waals surface area contributed by atoms with E-state index in [0.29, 0.717) is 5.56 Å². The van der Waals surface area contributed by atoms with Gasteiger partial charge in [-0.25, -0.2) is 9.59 Å². The molecule has 0 aliphatic carbocycles. The second-order valence-corrected chi connectivity index (χ2v) is 7.13. The number of aliphatic hydroxyl groups excluding tert-OH is 1. The van der Waals surface area contributed by atoms with Gasteiger partial charge in [0, 0.05) is 12.1 Å². The Morgan fingerprint density at radius 3 is 1.94 bits per heavy atom. The Morgan fingerprint density at radius 1 is 0.812 bits per heavy atom. The van der Waals surface area contributed by atoms with Crippen LogP contribution in [0.2, 0.25) is 0 Å². The highest BCUT2D eigenvalue weighted by molar-refractivity contribution is 5.89. The van der Waals surface area contributed by atoms with Crippen molar-refractivity contribution >= 4 is 33.9 Å². The van der Waals surface area contributed by atoms with Gasteiger partial charge < -0.3 is 24.2 Å². The Morgan fingerprint density at radius 2 is 1.34 bits per heavy atom. The third kappa shape index (κ3) is 3.77. The van der Waals surface area contributed by atoms with Crippen LogP contribution in [-0.2, 0) is 6.42 Å². The van der Waals surface area contributed by atoms with Gasteiger partial charge in [0.05, 0.1) is 16.9 Å². The van der Waals surface area contributed by atoms with E-state index in [9.17, 15) is 24.3 Å². The smallest absolute Gasteiger partial charge is 0.371 e. The molecule has 3 N–H and O–H groups in total. The fraction of sp³-hybridized carbons (Fsp3) is 0.130. The van der Waals surface area contributed by atoms with Crippen molar-refractivity contribution in [2.45, 2.75) is 18.9 Å². The van der Waals surface area contributed by atoms with E-state index < -0.39 is 40.4 Å². The highest BCUT2D eigenvalue weighted by atomic mass is 16.4. The summed E-state index contributed by atoms with van der Waals surface area (Å²) in [6.45, 7) is 0. The molecule has 4 rings (SSSR count). The number of fused-ring (bicyclic) bond motifs is 2. The van der Waals surface area contributed by atoms with Crippen LogP contribution in [0.25, 0.3) is 21.9 Å². The molecular formula is C23H16O9. The lowest BCUT2D eigenvalue weighted by molar-refractivity contribution is 0.0653. The monoisotopic (exact) mass is 436 g/mol. The lowest BCUT2D eigenvalue weighted by Crippen LogP contribution is -2.11. The first-order valence-corrected chi connectivity index (χ1v) is 9.53. The van der Waals surface area contributed by atoms with Crippen LogP contribution < -0.4 is 10.9 Å². The first-order valence-electron chi connectivity index (χ1n) is 9.53. The van der Waals surface area contributed by atoms with Crippen molar-refractivity contribution in [3.63, 3.8) is 0 Å². The molecule has 0 aliphatic rings. The molecule has 0 aliphatic heterocycles. The number of aryl methyl sites for hydroxylation is 1. The molecule has 0 saturated heterocycles. The summed E-state index contributed by atoms with van der Waals surface area (Å²) in [5.74, 6) is -3.71. The first kappa shape index (κ1) is 21.0. The van der Waals surface area contributed by atoms with Gasteiger partial charge in [-0.05, 0) is 36.1 Å². The zero-order valence-corrected chi connectivity index (χ0v) is 16.4.